The van der Waals surface area contributed by atoms with E-state index in [-0.39, 0.29) is 25.2 Å². The number of carbonyl (C=O) groups is 1. The molecule has 0 aromatic carbocycles. The normalized spacial score (nSPS) is 22.8. The second kappa shape index (κ2) is 8.50. The van der Waals surface area contributed by atoms with Gasteiger partial charge in [0.05, 0.1) is 12.3 Å². The maximum absolute atomic E-state index is 14.8. The maximum atomic E-state index is 14.8. The van der Waals surface area contributed by atoms with Gasteiger partial charge in [-0.15, -0.1) is 0 Å². The molecule has 2 unspecified atom stereocenters. The number of alkyl halides is 1. The highest BCUT2D eigenvalue weighted by molar-refractivity contribution is 5.70. The summed E-state index contributed by atoms with van der Waals surface area (Å²) < 4.78 is 34.5. The molecule has 0 bridgehead atoms. The quantitative estimate of drug-likeness (QED) is 0.724. The number of carboxylic acid groups (broad SMARTS) is 1. The molecule has 5 nitrogen and oxygen atoms in total. The minimum atomic E-state index is -1.63. The van der Waals surface area contributed by atoms with Gasteiger partial charge in [0.2, 0.25) is 0 Å². The fraction of sp³-hybridized carbons (Fsp3) is 0.500. The van der Waals surface area contributed by atoms with Crippen LogP contribution in [0.1, 0.15) is 38.3 Å². The van der Waals surface area contributed by atoms with Crippen LogP contribution in [0.25, 0.3) is 5.57 Å². The Morgan fingerprint density at radius 3 is 2.81 bits per heavy atom. The van der Waals surface area contributed by atoms with Crippen LogP contribution in [0.3, 0.4) is 0 Å². The summed E-state index contributed by atoms with van der Waals surface area (Å²) in [7, 11) is 0. The number of hydrogen-bond acceptors (Lipinski definition) is 4. The first-order chi connectivity index (χ1) is 13.0. The number of allylic oxidation sites excluding steroid dienone is 4. The van der Waals surface area contributed by atoms with Gasteiger partial charge in [0, 0.05) is 25.4 Å². The van der Waals surface area contributed by atoms with Gasteiger partial charge in [0.15, 0.2) is 17.8 Å². The Kier molecular flexibility index (Phi) is 6.08. The van der Waals surface area contributed by atoms with Crippen molar-refractivity contribution in [1.82, 2.24) is 4.98 Å². The van der Waals surface area contributed by atoms with Crippen LogP contribution in [0.2, 0.25) is 0 Å². The van der Waals surface area contributed by atoms with Crippen molar-refractivity contribution in [1.29, 1.82) is 0 Å². The minimum Gasteiger partial charge on any atom is -0.492 e. The summed E-state index contributed by atoms with van der Waals surface area (Å²) in [6.45, 7) is 3.53. The fourth-order valence-corrected chi connectivity index (χ4v) is 3.42. The van der Waals surface area contributed by atoms with Crippen LogP contribution >= 0.6 is 0 Å². The van der Waals surface area contributed by atoms with Crippen LogP contribution in [0.15, 0.2) is 35.9 Å². The van der Waals surface area contributed by atoms with Crippen molar-refractivity contribution in [2.75, 3.05) is 24.6 Å². The van der Waals surface area contributed by atoms with E-state index in [4.69, 9.17) is 9.84 Å². The van der Waals surface area contributed by atoms with Crippen LogP contribution in [0, 0.1) is 5.92 Å². The molecule has 1 N–H and O–H groups in total. The van der Waals surface area contributed by atoms with Crippen molar-refractivity contribution in [3.63, 3.8) is 0 Å². The Hall–Kier alpha value is -2.44. The van der Waals surface area contributed by atoms with E-state index in [0.29, 0.717) is 11.3 Å². The highest BCUT2D eigenvalue weighted by Gasteiger charge is 2.34. The van der Waals surface area contributed by atoms with E-state index in [1.165, 1.54) is 6.08 Å². The van der Waals surface area contributed by atoms with Crippen LogP contribution in [-0.4, -0.2) is 41.9 Å². The number of halogens is 2. The SMILES string of the molecule is CC1C(c2cccc(N3CCCC3)n2)=CC(F)=C(OCCCC(=O)O)C1F. The van der Waals surface area contributed by atoms with E-state index in [1.54, 1.807) is 13.0 Å². The summed E-state index contributed by atoms with van der Waals surface area (Å²) in [5, 5.41) is 8.62. The standard InChI is InChI=1S/C20H24F2N2O3/c1-13-14(16-6-4-7-17(23-16)24-9-2-3-10-24)12-15(21)20(19(13)22)27-11-5-8-18(25)26/h4,6-7,12-13,19H,2-3,5,8-11H2,1H3,(H,25,26). The predicted molar refractivity (Wildman–Crippen MR) is 98.7 cm³/mol. The molecule has 3 rings (SSSR count). The van der Waals surface area contributed by atoms with E-state index >= 15 is 0 Å². The molecule has 0 saturated carbocycles. The highest BCUT2D eigenvalue weighted by atomic mass is 19.1. The molecule has 27 heavy (non-hydrogen) atoms. The lowest BCUT2D eigenvalue weighted by molar-refractivity contribution is -0.137. The Morgan fingerprint density at radius 2 is 2.11 bits per heavy atom. The number of hydrogen-bond donors (Lipinski definition) is 1. The molecule has 146 valence electrons. The molecule has 1 aromatic rings. The molecule has 0 spiro atoms. The molecule has 0 radical (unpaired) electrons. The molecule has 2 aliphatic rings. The van der Waals surface area contributed by atoms with Crippen molar-refractivity contribution >= 4 is 17.4 Å². The lowest BCUT2D eigenvalue weighted by Gasteiger charge is -2.27. The molecule has 2 heterocycles. The third kappa shape index (κ3) is 4.46. The van der Waals surface area contributed by atoms with E-state index in [1.807, 2.05) is 12.1 Å². The lowest BCUT2D eigenvalue weighted by Crippen LogP contribution is -2.24. The predicted octanol–water partition coefficient (Wildman–Crippen LogP) is 4.12. The zero-order chi connectivity index (χ0) is 19.4. The van der Waals surface area contributed by atoms with Gasteiger partial charge in [-0.05, 0) is 43.0 Å². The van der Waals surface area contributed by atoms with E-state index < -0.39 is 23.9 Å². The number of pyridine rings is 1. The highest BCUT2D eigenvalue weighted by Crippen LogP contribution is 2.38. The number of rotatable bonds is 7. The molecule has 1 aliphatic carbocycles. The Morgan fingerprint density at radius 1 is 1.37 bits per heavy atom. The first kappa shape index (κ1) is 19.3. The first-order valence-electron chi connectivity index (χ1n) is 9.29. The first-order valence-corrected chi connectivity index (χ1v) is 9.29. The van der Waals surface area contributed by atoms with Crippen LogP contribution in [0.4, 0.5) is 14.6 Å². The van der Waals surface area contributed by atoms with Gasteiger partial charge in [-0.1, -0.05) is 13.0 Å². The van der Waals surface area contributed by atoms with Gasteiger partial charge in [-0.3, -0.25) is 4.79 Å². The topological polar surface area (TPSA) is 62.7 Å². The molecule has 1 aromatic heterocycles. The van der Waals surface area contributed by atoms with Crippen molar-refractivity contribution in [2.24, 2.45) is 5.92 Å². The number of ether oxygens (including phenoxy) is 1. The van der Waals surface area contributed by atoms with Gasteiger partial charge in [0.1, 0.15) is 5.82 Å². The van der Waals surface area contributed by atoms with Crippen molar-refractivity contribution in [3.8, 4) is 0 Å². The number of carboxylic acids is 1. The molecular weight excluding hydrogens is 354 g/mol. The van der Waals surface area contributed by atoms with Gasteiger partial charge < -0.3 is 14.7 Å². The smallest absolute Gasteiger partial charge is 0.303 e. The number of aromatic nitrogens is 1. The summed E-state index contributed by atoms with van der Waals surface area (Å²) in [6, 6.07) is 5.54. The van der Waals surface area contributed by atoms with Crippen molar-refractivity contribution in [3.05, 3.63) is 41.6 Å². The van der Waals surface area contributed by atoms with Gasteiger partial charge in [0.25, 0.3) is 0 Å². The number of aliphatic carboxylic acids is 1. The monoisotopic (exact) mass is 378 g/mol. The van der Waals surface area contributed by atoms with Gasteiger partial charge >= 0.3 is 5.97 Å². The van der Waals surface area contributed by atoms with Crippen molar-refractivity contribution in [2.45, 2.75) is 38.8 Å². The molecule has 7 heteroatoms. The molecule has 1 saturated heterocycles. The summed E-state index contributed by atoms with van der Waals surface area (Å²) in [5.41, 5.74) is 1.06. The molecule has 2 atom stereocenters. The summed E-state index contributed by atoms with van der Waals surface area (Å²) in [6.07, 6.45) is 1.99. The third-order valence-corrected chi connectivity index (χ3v) is 4.95. The third-order valence-electron chi connectivity index (χ3n) is 4.95. The Balaban J connectivity index is 1.78. The van der Waals surface area contributed by atoms with Crippen LogP contribution in [-0.2, 0) is 9.53 Å². The molecule has 0 amide bonds. The zero-order valence-corrected chi connectivity index (χ0v) is 15.3. The second-order valence-electron chi connectivity index (χ2n) is 6.92. The average Bonchev–Trinajstić information content (AvgIpc) is 3.18. The molecule has 1 fully saturated rings. The lowest BCUT2D eigenvalue weighted by atomic mass is 9.87. The summed E-state index contributed by atoms with van der Waals surface area (Å²) in [5.74, 6) is -1.87. The Bertz CT molecular complexity index is 757. The van der Waals surface area contributed by atoms with Gasteiger partial charge in [-0.25, -0.2) is 13.8 Å². The summed E-state index contributed by atoms with van der Waals surface area (Å²) >= 11 is 0. The van der Waals surface area contributed by atoms with E-state index in [2.05, 4.69) is 9.88 Å². The minimum absolute atomic E-state index is 0.0337. The van der Waals surface area contributed by atoms with E-state index in [0.717, 1.165) is 31.7 Å². The number of anilines is 1. The zero-order valence-electron chi connectivity index (χ0n) is 15.3. The van der Waals surface area contributed by atoms with Crippen molar-refractivity contribution < 1.29 is 23.4 Å². The van der Waals surface area contributed by atoms with Gasteiger partial charge in [-0.2, -0.15) is 0 Å². The largest absolute Gasteiger partial charge is 0.492 e. The fourth-order valence-electron chi connectivity index (χ4n) is 3.42. The maximum Gasteiger partial charge on any atom is 0.303 e. The van der Waals surface area contributed by atoms with Crippen LogP contribution < -0.4 is 4.90 Å². The Labute approximate surface area is 157 Å². The molecule has 1 aliphatic heterocycles. The van der Waals surface area contributed by atoms with Crippen LogP contribution in [0.5, 0.6) is 0 Å². The average molecular weight is 378 g/mol. The molecular formula is C20H24F2N2O3. The second-order valence-corrected chi connectivity index (χ2v) is 6.92. The van der Waals surface area contributed by atoms with E-state index in [9.17, 15) is 13.6 Å². The number of nitrogens with zero attached hydrogens (tertiary/aromatic N) is 2. The summed E-state index contributed by atoms with van der Waals surface area (Å²) in [4.78, 5) is 17.3.